The first-order valence-electron chi connectivity index (χ1n) is 5.74. The minimum Gasteiger partial charge on any atom is -0.376 e. The maximum atomic E-state index is 5.54. The second-order valence-electron chi connectivity index (χ2n) is 4.51. The molecule has 1 aromatic rings. The Kier molecular flexibility index (Phi) is 4.00. The maximum absolute atomic E-state index is 5.54. The molecule has 2 nitrogen and oxygen atoms in total. The Morgan fingerprint density at radius 3 is 3.00 bits per heavy atom. The molecule has 3 heteroatoms. The molecule has 1 fully saturated rings. The topological polar surface area (TPSA) is 12.5 Å². The van der Waals surface area contributed by atoms with Gasteiger partial charge < -0.3 is 4.74 Å². The van der Waals surface area contributed by atoms with Gasteiger partial charge in [0.1, 0.15) is 0 Å². The van der Waals surface area contributed by atoms with Crippen LogP contribution in [0.15, 0.2) is 22.7 Å². The lowest BCUT2D eigenvalue weighted by atomic mass is 10.1. The Morgan fingerprint density at radius 1 is 1.50 bits per heavy atom. The van der Waals surface area contributed by atoms with Gasteiger partial charge in [0, 0.05) is 24.1 Å². The molecule has 0 radical (unpaired) electrons. The van der Waals surface area contributed by atoms with Crippen molar-refractivity contribution < 1.29 is 4.74 Å². The van der Waals surface area contributed by atoms with E-state index in [0.717, 1.165) is 26.2 Å². The van der Waals surface area contributed by atoms with Gasteiger partial charge in [-0.05, 0) is 31.0 Å². The average Bonchev–Trinajstić information content (AvgIpc) is 2.22. The number of aryl methyl sites for hydroxylation is 1. The molecule has 0 bridgehead atoms. The summed E-state index contributed by atoms with van der Waals surface area (Å²) >= 11 is 3.63. The third-order valence-electron chi connectivity index (χ3n) is 2.93. The van der Waals surface area contributed by atoms with Crippen LogP contribution in [-0.4, -0.2) is 30.7 Å². The molecule has 0 saturated carbocycles. The van der Waals surface area contributed by atoms with Gasteiger partial charge in [0.25, 0.3) is 0 Å². The number of morpholine rings is 1. The monoisotopic (exact) mass is 283 g/mol. The highest BCUT2D eigenvalue weighted by molar-refractivity contribution is 9.10. The van der Waals surface area contributed by atoms with Gasteiger partial charge in [-0.25, -0.2) is 0 Å². The second-order valence-corrected chi connectivity index (χ2v) is 5.37. The molecule has 88 valence electrons. The Balaban J connectivity index is 2.02. The van der Waals surface area contributed by atoms with Crippen molar-refractivity contribution >= 4 is 15.9 Å². The smallest absolute Gasteiger partial charge is 0.0674 e. The summed E-state index contributed by atoms with van der Waals surface area (Å²) in [7, 11) is 0. The number of rotatable bonds is 2. The van der Waals surface area contributed by atoms with E-state index in [1.807, 2.05) is 0 Å². The standard InChI is InChI=1S/C13H18BrNO/c1-10-3-4-12(13(14)7-10)9-15-5-6-16-11(2)8-15/h3-4,7,11H,5-6,8-9H2,1-2H3. The van der Waals surface area contributed by atoms with Gasteiger partial charge in [0.05, 0.1) is 12.7 Å². The fraction of sp³-hybridized carbons (Fsp3) is 0.538. The van der Waals surface area contributed by atoms with Crippen molar-refractivity contribution in [2.24, 2.45) is 0 Å². The predicted octanol–water partition coefficient (Wildman–Crippen LogP) is 2.98. The van der Waals surface area contributed by atoms with Gasteiger partial charge in [0.15, 0.2) is 0 Å². The molecule has 1 aliphatic heterocycles. The van der Waals surface area contributed by atoms with Crippen LogP contribution in [0.25, 0.3) is 0 Å². The fourth-order valence-electron chi connectivity index (χ4n) is 2.06. The van der Waals surface area contributed by atoms with E-state index >= 15 is 0 Å². The number of benzene rings is 1. The van der Waals surface area contributed by atoms with Crippen LogP contribution in [0.1, 0.15) is 18.1 Å². The Labute approximate surface area is 106 Å². The van der Waals surface area contributed by atoms with Crippen LogP contribution in [0.5, 0.6) is 0 Å². The first kappa shape index (κ1) is 12.1. The molecule has 0 aliphatic carbocycles. The fourth-order valence-corrected chi connectivity index (χ4v) is 2.67. The van der Waals surface area contributed by atoms with E-state index < -0.39 is 0 Å². The zero-order valence-electron chi connectivity index (χ0n) is 9.87. The quantitative estimate of drug-likeness (QED) is 0.828. The van der Waals surface area contributed by atoms with Gasteiger partial charge in [-0.3, -0.25) is 4.90 Å². The normalized spacial score (nSPS) is 22.3. The predicted molar refractivity (Wildman–Crippen MR) is 69.6 cm³/mol. The van der Waals surface area contributed by atoms with Crippen LogP contribution >= 0.6 is 15.9 Å². The van der Waals surface area contributed by atoms with Crippen molar-refractivity contribution in [3.8, 4) is 0 Å². The SMILES string of the molecule is Cc1ccc(CN2CCOC(C)C2)c(Br)c1. The van der Waals surface area contributed by atoms with Gasteiger partial charge >= 0.3 is 0 Å². The summed E-state index contributed by atoms with van der Waals surface area (Å²) in [5.74, 6) is 0. The highest BCUT2D eigenvalue weighted by atomic mass is 79.9. The number of hydrogen-bond donors (Lipinski definition) is 0. The first-order chi connectivity index (χ1) is 7.65. The second kappa shape index (κ2) is 5.30. The van der Waals surface area contributed by atoms with E-state index in [-0.39, 0.29) is 0 Å². The zero-order valence-corrected chi connectivity index (χ0v) is 11.5. The molecular weight excluding hydrogens is 266 g/mol. The van der Waals surface area contributed by atoms with Gasteiger partial charge in [-0.15, -0.1) is 0 Å². The summed E-state index contributed by atoms with van der Waals surface area (Å²) in [5.41, 5.74) is 2.66. The van der Waals surface area contributed by atoms with Crippen molar-refractivity contribution in [1.82, 2.24) is 4.90 Å². The summed E-state index contributed by atoms with van der Waals surface area (Å²) in [6, 6.07) is 6.56. The Bertz CT molecular complexity index is 367. The lowest BCUT2D eigenvalue weighted by Crippen LogP contribution is -2.40. The van der Waals surface area contributed by atoms with E-state index in [1.54, 1.807) is 0 Å². The van der Waals surface area contributed by atoms with Crippen LogP contribution in [0.3, 0.4) is 0 Å². The minimum atomic E-state index is 0.359. The van der Waals surface area contributed by atoms with E-state index in [4.69, 9.17) is 4.74 Å². The lowest BCUT2D eigenvalue weighted by molar-refractivity contribution is -0.0212. The minimum absolute atomic E-state index is 0.359. The largest absolute Gasteiger partial charge is 0.376 e. The molecule has 2 rings (SSSR count). The van der Waals surface area contributed by atoms with Crippen molar-refractivity contribution in [2.45, 2.75) is 26.5 Å². The summed E-state index contributed by atoms with van der Waals surface area (Å²) in [6.45, 7) is 8.17. The van der Waals surface area contributed by atoms with Gasteiger partial charge in [-0.1, -0.05) is 28.1 Å². The third kappa shape index (κ3) is 3.06. The highest BCUT2D eigenvalue weighted by Gasteiger charge is 2.17. The van der Waals surface area contributed by atoms with Crippen LogP contribution in [0, 0.1) is 6.92 Å². The number of ether oxygens (including phenoxy) is 1. The molecule has 1 atom stereocenters. The Morgan fingerprint density at radius 2 is 2.31 bits per heavy atom. The van der Waals surface area contributed by atoms with E-state index in [2.05, 4.69) is 52.9 Å². The van der Waals surface area contributed by atoms with Crippen LogP contribution in [0.4, 0.5) is 0 Å². The van der Waals surface area contributed by atoms with Crippen molar-refractivity contribution in [1.29, 1.82) is 0 Å². The van der Waals surface area contributed by atoms with Crippen molar-refractivity contribution in [3.05, 3.63) is 33.8 Å². The third-order valence-corrected chi connectivity index (χ3v) is 3.67. The summed E-state index contributed by atoms with van der Waals surface area (Å²) in [5, 5.41) is 0. The molecule has 0 amide bonds. The first-order valence-corrected chi connectivity index (χ1v) is 6.53. The van der Waals surface area contributed by atoms with Crippen molar-refractivity contribution in [2.75, 3.05) is 19.7 Å². The molecule has 0 N–H and O–H groups in total. The summed E-state index contributed by atoms with van der Waals surface area (Å²) in [6.07, 6.45) is 0.359. The Hall–Kier alpha value is -0.380. The lowest BCUT2D eigenvalue weighted by Gasteiger charge is -2.31. The average molecular weight is 284 g/mol. The van der Waals surface area contributed by atoms with Gasteiger partial charge in [0.2, 0.25) is 0 Å². The highest BCUT2D eigenvalue weighted by Crippen LogP contribution is 2.20. The molecule has 1 saturated heterocycles. The molecule has 1 aliphatic rings. The number of nitrogens with zero attached hydrogens (tertiary/aromatic N) is 1. The summed E-state index contributed by atoms with van der Waals surface area (Å²) in [4.78, 5) is 2.45. The molecule has 1 aromatic carbocycles. The van der Waals surface area contributed by atoms with E-state index in [1.165, 1.54) is 15.6 Å². The molecule has 1 heterocycles. The van der Waals surface area contributed by atoms with Crippen molar-refractivity contribution in [3.63, 3.8) is 0 Å². The molecule has 1 unspecified atom stereocenters. The molecule has 0 spiro atoms. The number of halogens is 1. The van der Waals surface area contributed by atoms with Crippen LogP contribution in [0.2, 0.25) is 0 Å². The van der Waals surface area contributed by atoms with E-state index in [0.29, 0.717) is 6.10 Å². The maximum Gasteiger partial charge on any atom is 0.0674 e. The number of hydrogen-bond acceptors (Lipinski definition) is 2. The zero-order chi connectivity index (χ0) is 11.5. The van der Waals surface area contributed by atoms with Crippen LogP contribution < -0.4 is 0 Å². The molecule has 0 aromatic heterocycles. The van der Waals surface area contributed by atoms with Crippen LogP contribution in [-0.2, 0) is 11.3 Å². The summed E-state index contributed by atoms with van der Waals surface area (Å²) < 4.78 is 6.76. The molecule has 16 heavy (non-hydrogen) atoms. The van der Waals surface area contributed by atoms with E-state index in [9.17, 15) is 0 Å². The molecular formula is C13H18BrNO. The van der Waals surface area contributed by atoms with Gasteiger partial charge in [-0.2, -0.15) is 0 Å².